The van der Waals surface area contributed by atoms with Crippen molar-refractivity contribution < 1.29 is 13.9 Å². The molecule has 0 saturated carbocycles. The minimum Gasteiger partial charge on any atom is -0.484 e. The Bertz CT molecular complexity index is 1300. The lowest BCUT2D eigenvalue weighted by molar-refractivity contribution is -0.118. The smallest absolute Gasteiger partial charge is 0.339 e. The third kappa shape index (κ3) is 3.23. The number of hydrogen-bond donors (Lipinski definition) is 1. The highest BCUT2D eigenvalue weighted by Crippen LogP contribution is 2.29. The highest BCUT2D eigenvalue weighted by molar-refractivity contribution is 6.02. The zero-order valence-corrected chi connectivity index (χ0v) is 15.6. The Labute approximate surface area is 166 Å². The fraction of sp³-hybridized carbons (Fsp3) is 0.174. The van der Waals surface area contributed by atoms with Gasteiger partial charge in [0.1, 0.15) is 11.3 Å². The number of carbonyl (C=O) groups is 1. The third-order valence-electron chi connectivity index (χ3n) is 5.27. The molecule has 2 aromatic carbocycles. The van der Waals surface area contributed by atoms with Gasteiger partial charge in [-0.15, -0.1) is 0 Å². The molecule has 1 amide bonds. The molecule has 6 nitrogen and oxygen atoms in total. The van der Waals surface area contributed by atoms with Crippen molar-refractivity contribution in [2.75, 3.05) is 11.9 Å². The lowest BCUT2D eigenvalue weighted by atomic mass is 10.1. The lowest BCUT2D eigenvalue weighted by Crippen LogP contribution is -2.20. The van der Waals surface area contributed by atoms with Gasteiger partial charge in [-0.3, -0.25) is 9.78 Å². The molecule has 4 aromatic rings. The first kappa shape index (κ1) is 17.4. The topological polar surface area (TPSA) is 81.4 Å². The molecule has 6 heteroatoms. The van der Waals surface area contributed by atoms with Crippen molar-refractivity contribution in [1.29, 1.82) is 0 Å². The van der Waals surface area contributed by atoms with E-state index < -0.39 is 0 Å². The summed E-state index contributed by atoms with van der Waals surface area (Å²) in [4.78, 5) is 28.6. The Hall–Kier alpha value is -3.67. The summed E-state index contributed by atoms with van der Waals surface area (Å²) in [7, 11) is 0. The number of pyridine rings is 1. The van der Waals surface area contributed by atoms with Crippen molar-refractivity contribution in [3.63, 3.8) is 0 Å². The predicted octanol–water partition coefficient (Wildman–Crippen LogP) is 3.85. The largest absolute Gasteiger partial charge is 0.484 e. The van der Waals surface area contributed by atoms with Crippen molar-refractivity contribution in [2.24, 2.45) is 0 Å². The number of nitrogens with zero attached hydrogens (tertiary/aromatic N) is 1. The van der Waals surface area contributed by atoms with Crippen LogP contribution in [0.2, 0.25) is 0 Å². The minimum atomic E-state index is -0.273. The van der Waals surface area contributed by atoms with Gasteiger partial charge in [-0.25, -0.2) is 4.79 Å². The number of amides is 1. The predicted molar refractivity (Wildman–Crippen MR) is 110 cm³/mol. The Morgan fingerprint density at radius 3 is 2.93 bits per heavy atom. The number of nitrogens with one attached hydrogen (secondary N) is 1. The molecule has 2 heterocycles. The second-order valence-corrected chi connectivity index (χ2v) is 7.10. The van der Waals surface area contributed by atoms with E-state index in [-0.39, 0.29) is 18.1 Å². The summed E-state index contributed by atoms with van der Waals surface area (Å²) in [5.41, 5.74) is 2.79. The van der Waals surface area contributed by atoms with Crippen LogP contribution in [0, 0.1) is 0 Å². The van der Waals surface area contributed by atoms with Crippen LogP contribution in [0.3, 0.4) is 0 Å². The summed E-state index contributed by atoms with van der Waals surface area (Å²) in [5, 5.41) is 5.67. The second-order valence-electron chi connectivity index (χ2n) is 7.10. The molecule has 0 fully saturated rings. The Kier molecular flexibility index (Phi) is 4.24. The van der Waals surface area contributed by atoms with Crippen LogP contribution in [0.15, 0.2) is 64.1 Å². The van der Waals surface area contributed by atoms with Gasteiger partial charge >= 0.3 is 5.63 Å². The van der Waals surface area contributed by atoms with E-state index >= 15 is 0 Å². The Morgan fingerprint density at radius 2 is 2.00 bits per heavy atom. The van der Waals surface area contributed by atoms with E-state index in [2.05, 4.69) is 10.3 Å². The van der Waals surface area contributed by atoms with E-state index in [0.717, 1.165) is 46.5 Å². The summed E-state index contributed by atoms with van der Waals surface area (Å²) in [6.07, 6.45) is 6.08. The van der Waals surface area contributed by atoms with E-state index in [1.54, 1.807) is 24.5 Å². The molecular formula is C23H18N2O4. The second kappa shape index (κ2) is 7.05. The summed E-state index contributed by atoms with van der Waals surface area (Å²) in [5.74, 6) is 0.209. The fourth-order valence-corrected chi connectivity index (χ4v) is 3.92. The molecule has 0 saturated heterocycles. The molecule has 1 aliphatic carbocycles. The van der Waals surface area contributed by atoms with Crippen LogP contribution in [-0.2, 0) is 17.6 Å². The number of fused-ring (bicyclic) bond motifs is 4. The van der Waals surface area contributed by atoms with Crippen LogP contribution in [0.1, 0.15) is 17.5 Å². The van der Waals surface area contributed by atoms with Crippen molar-refractivity contribution in [1.82, 2.24) is 4.98 Å². The van der Waals surface area contributed by atoms with Gasteiger partial charge in [0, 0.05) is 45.9 Å². The molecule has 1 aliphatic rings. The number of anilines is 1. The quantitative estimate of drug-likeness (QED) is 0.539. The van der Waals surface area contributed by atoms with Gasteiger partial charge in [-0.1, -0.05) is 12.1 Å². The Morgan fingerprint density at radius 1 is 1.10 bits per heavy atom. The number of benzene rings is 2. The van der Waals surface area contributed by atoms with Crippen LogP contribution in [0.5, 0.6) is 5.75 Å². The average molecular weight is 386 g/mol. The van der Waals surface area contributed by atoms with Gasteiger partial charge in [-0.2, -0.15) is 0 Å². The lowest BCUT2D eigenvalue weighted by Gasteiger charge is -2.10. The van der Waals surface area contributed by atoms with Gasteiger partial charge in [0.15, 0.2) is 6.61 Å². The number of carbonyl (C=O) groups excluding carboxylic acids is 1. The molecule has 0 bridgehead atoms. The van der Waals surface area contributed by atoms with Gasteiger partial charge < -0.3 is 14.5 Å². The van der Waals surface area contributed by atoms with Gasteiger partial charge in [-0.05, 0) is 49.1 Å². The minimum absolute atomic E-state index is 0.151. The standard InChI is InChI=1S/C23H18N2O4/c26-22(25-20-6-1-3-14-12-24-10-9-16(14)20)13-28-15-7-8-18-17-4-2-5-19(17)23(27)29-21(18)11-15/h1,3,6-12H,2,4-5,13H2,(H,25,26). The first-order valence-electron chi connectivity index (χ1n) is 9.53. The van der Waals surface area contributed by atoms with E-state index in [0.29, 0.717) is 17.0 Å². The molecule has 144 valence electrons. The van der Waals surface area contributed by atoms with Crippen LogP contribution in [-0.4, -0.2) is 17.5 Å². The van der Waals surface area contributed by atoms with Crippen molar-refractivity contribution in [3.05, 3.63) is 76.4 Å². The first-order valence-corrected chi connectivity index (χ1v) is 9.53. The molecule has 1 N–H and O–H groups in total. The van der Waals surface area contributed by atoms with Crippen molar-refractivity contribution in [2.45, 2.75) is 19.3 Å². The maximum atomic E-state index is 12.4. The van der Waals surface area contributed by atoms with E-state index in [4.69, 9.17) is 9.15 Å². The molecular weight excluding hydrogens is 368 g/mol. The molecule has 0 radical (unpaired) electrons. The summed E-state index contributed by atoms with van der Waals surface area (Å²) in [6.45, 7) is -0.151. The number of ether oxygens (including phenoxy) is 1. The molecule has 29 heavy (non-hydrogen) atoms. The SMILES string of the molecule is O=C(COc1ccc2c3c(c(=O)oc2c1)CCC3)Nc1cccc2cnccc12. The zero-order chi connectivity index (χ0) is 19.8. The van der Waals surface area contributed by atoms with Crippen LogP contribution >= 0.6 is 0 Å². The average Bonchev–Trinajstić information content (AvgIpc) is 3.23. The van der Waals surface area contributed by atoms with Crippen LogP contribution in [0.4, 0.5) is 5.69 Å². The van der Waals surface area contributed by atoms with E-state index in [1.807, 2.05) is 30.3 Å². The van der Waals surface area contributed by atoms with Crippen LogP contribution in [0.25, 0.3) is 21.7 Å². The van der Waals surface area contributed by atoms with Gasteiger partial charge in [0.05, 0.1) is 0 Å². The van der Waals surface area contributed by atoms with Crippen LogP contribution < -0.4 is 15.7 Å². The van der Waals surface area contributed by atoms with E-state index in [9.17, 15) is 9.59 Å². The molecule has 2 aromatic heterocycles. The number of aryl methyl sites for hydroxylation is 1. The zero-order valence-electron chi connectivity index (χ0n) is 15.6. The summed E-state index contributed by atoms with van der Waals surface area (Å²) < 4.78 is 11.1. The normalized spacial score (nSPS) is 12.8. The summed E-state index contributed by atoms with van der Waals surface area (Å²) >= 11 is 0. The van der Waals surface area contributed by atoms with Crippen molar-refractivity contribution in [3.8, 4) is 5.75 Å². The summed E-state index contributed by atoms with van der Waals surface area (Å²) in [6, 6.07) is 12.9. The molecule has 0 unspecified atom stereocenters. The fourth-order valence-electron chi connectivity index (χ4n) is 3.92. The number of hydrogen-bond acceptors (Lipinski definition) is 5. The van der Waals surface area contributed by atoms with Gasteiger partial charge in [0.2, 0.25) is 0 Å². The molecule has 0 spiro atoms. The first-order chi connectivity index (χ1) is 14.2. The highest BCUT2D eigenvalue weighted by Gasteiger charge is 2.19. The molecule has 0 aliphatic heterocycles. The maximum Gasteiger partial charge on any atom is 0.339 e. The maximum absolute atomic E-state index is 12.4. The highest BCUT2D eigenvalue weighted by atomic mass is 16.5. The monoisotopic (exact) mass is 386 g/mol. The molecule has 5 rings (SSSR count). The molecule has 0 atom stereocenters. The third-order valence-corrected chi connectivity index (χ3v) is 5.27. The number of rotatable bonds is 4. The Balaban J connectivity index is 1.33. The van der Waals surface area contributed by atoms with Gasteiger partial charge in [0.25, 0.3) is 5.91 Å². The van der Waals surface area contributed by atoms with Crippen molar-refractivity contribution >= 4 is 33.3 Å². The van der Waals surface area contributed by atoms with E-state index in [1.165, 1.54) is 0 Å². The number of aromatic nitrogens is 1.